The third kappa shape index (κ3) is 22.1. The number of aliphatic carboxylic acids is 2. The van der Waals surface area contributed by atoms with Gasteiger partial charge in [-0.3, -0.25) is 9.59 Å². The molecule has 0 heterocycles. The number of aliphatic hydroxyl groups excluding tert-OH is 3. The number of benzene rings is 2. The van der Waals surface area contributed by atoms with Crippen molar-refractivity contribution in [3.8, 4) is 11.5 Å². The van der Waals surface area contributed by atoms with Gasteiger partial charge in [0.15, 0.2) is 0 Å². The van der Waals surface area contributed by atoms with Crippen molar-refractivity contribution in [1.82, 2.24) is 0 Å². The van der Waals surface area contributed by atoms with E-state index < -0.39 is 11.9 Å². The van der Waals surface area contributed by atoms with Crippen LogP contribution < -0.4 is 9.47 Å². The monoisotopic (exact) mass is 770 g/mol. The molecule has 9 nitrogen and oxygen atoms in total. The van der Waals surface area contributed by atoms with Gasteiger partial charge in [-0.15, -0.1) is 6.58 Å². The number of hydrogen-bond donors (Lipinski definition) is 5. The third-order valence-electron chi connectivity index (χ3n) is 3.92. The van der Waals surface area contributed by atoms with Gasteiger partial charge in [-0.25, -0.2) is 0 Å². The highest BCUT2D eigenvalue weighted by molar-refractivity contribution is 14.1. The van der Waals surface area contributed by atoms with E-state index in [9.17, 15) is 9.59 Å². The minimum Gasteiger partial charge on any atom is -0.493 e. The molecule has 2 aromatic carbocycles. The lowest BCUT2D eigenvalue weighted by Gasteiger charge is -2.07. The molecule has 0 aromatic heterocycles. The lowest BCUT2D eigenvalue weighted by molar-refractivity contribution is -0.138. The van der Waals surface area contributed by atoms with Crippen LogP contribution in [-0.4, -0.2) is 70.5 Å². The van der Waals surface area contributed by atoms with Crippen molar-refractivity contribution in [1.29, 1.82) is 0 Å². The number of aliphatic hydroxyl groups is 3. The standard InChI is InChI=1S/C15H18O5.C9H8I2O3.C3H6O.CH4/c16-6-1-3-12-9-13(4-2-7-17)11-14(10-12)20-8-5-15(18)19;10-6-3-7(11)5-8(4-6)14-2-1-9(12)13;1-2-3-4;/h1-4,9-11,16-17H,5-8H2,(H,18,19);3-5H,1-2H2,(H,12,13);2,4H,1,3H2;1H4/b3-1+,4-2+;;;. The van der Waals surface area contributed by atoms with Crippen LogP contribution in [0.5, 0.6) is 11.5 Å². The lowest BCUT2D eigenvalue weighted by atomic mass is 10.1. The van der Waals surface area contributed by atoms with Crippen LogP contribution in [0, 0.1) is 7.14 Å². The fourth-order valence-corrected chi connectivity index (χ4v) is 4.30. The summed E-state index contributed by atoms with van der Waals surface area (Å²) in [5.74, 6) is -0.487. The average molecular weight is 770 g/mol. The lowest BCUT2D eigenvalue weighted by Crippen LogP contribution is -2.04. The number of hydrogen-bond acceptors (Lipinski definition) is 7. The van der Waals surface area contributed by atoms with Gasteiger partial charge in [0.1, 0.15) is 11.5 Å². The second-order valence-corrected chi connectivity index (χ2v) is 9.56. The Morgan fingerprint density at radius 2 is 1.10 bits per heavy atom. The van der Waals surface area contributed by atoms with Crippen molar-refractivity contribution in [2.75, 3.05) is 33.0 Å². The van der Waals surface area contributed by atoms with Crippen molar-refractivity contribution in [3.63, 3.8) is 0 Å². The molecule has 0 bridgehead atoms. The molecule has 39 heavy (non-hydrogen) atoms. The van der Waals surface area contributed by atoms with Gasteiger partial charge in [0.25, 0.3) is 0 Å². The SMILES string of the molecule is C.C=CCO.O=C(O)CCOc1cc(/C=C/CO)cc(/C=C/CO)c1.O=C(O)CCOc1cc(I)cc(I)c1. The van der Waals surface area contributed by atoms with Crippen molar-refractivity contribution < 1.29 is 44.6 Å². The molecule has 0 aliphatic rings. The molecule has 2 rings (SSSR count). The van der Waals surface area contributed by atoms with Gasteiger partial charge in [-0.2, -0.15) is 0 Å². The Hall–Kier alpha value is -2.46. The Balaban J connectivity index is 0. The van der Waals surface area contributed by atoms with Crippen LogP contribution in [0.2, 0.25) is 0 Å². The molecule has 0 atom stereocenters. The fraction of sp³-hybridized carbons (Fsp3) is 0.286. The number of ether oxygens (including phenoxy) is 2. The molecule has 0 spiro atoms. The van der Waals surface area contributed by atoms with E-state index in [0.29, 0.717) is 5.75 Å². The maximum Gasteiger partial charge on any atom is 0.306 e. The molecule has 11 heteroatoms. The summed E-state index contributed by atoms with van der Waals surface area (Å²) in [5, 5.41) is 42.3. The Bertz CT molecular complexity index is 1000. The largest absolute Gasteiger partial charge is 0.493 e. The van der Waals surface area contributed by atoms with E-state index in [4.69, 9.17) is 35.0 Å². The number of carbonyl (C=O) groups is 2. The molecule has 0 amide bonds. The van der Waals surface area contributed by atoms with Gasteiger partial charge in [0.05, 0.1) is 45.9 Å². The summed E-state index contributed by atoms with van der Waals surface area (Å²) in [4.78, 5) is 20.7. The molecule has 2 aromatic rings. The maximum absolute atomic E-state index is 10.4. The van der Waals surface area contributed by atoms with Crippen LogP contribution >= 0.6 is 45.2 Å². The van der Waals surface area contributed by atoms with Crippen molar-refractivity contribution in [2.45, 2.75) is 20.3 Å². The number of halogens is 2. The summed E-state index contributed by atoms with van der Waals surface area (Å²) in [6.07, 6.45) is 8.05. The summed E-state index contributed by atoms with van der Waals surface area (Å²) >= 11 is 4.39. The van der Waals surface area contributed by atoms with E-state index >= 15 is 0 Å². The molecule has 5 N–H and O–H groups in total. The van der Waals surface area contributed by atoms with Crippen LogP contribution in [0.3, 0.4) is 0 Å². The number of carboxylic acids is 2. The summed E-state index contributed by atoms with van der Waals surface area (Å²) in [7, 11) is 0. The van der Waals surface area contributed by atoms with Crippen molar-refractivity contribution >= 4 is 69.3 Å². The van der Waals surface area contributed by atoms with Crippen LogP contribution in [-0.2, 0) is 9.59 Å². The second kappa shape index (κ2) is 24.6. The smallest absolute Gasteiger partial charge is 0.306 e. The first-order chi connectivity index (χ1) is 18.1. The van der Waals surface area contributed by atoms with Crippen molar-refractivity contribution in [2.24, 2.45) is 0 Å². The van der Waals surface area contributed by atoms with Gasteiger partial charge in [-0.1, -0.05) is 37.8 Å². The van der Waals surface area contributed by atoms with E-state index in [1.807, 2.05) is 24.3 Å². The van der Waals surface area contributed by atoms with Gasteiger partial charge in [0, 0.05) is 7.14 Å². The minimum atomic E-state index is -0.915. The highest BCUT2D eigenvalue weighted by Gasteiger charge is 2.02. The molecule has 0 saturated heterocycles. The Kier molecular flexibility index (Phi) is 24.4. The van der Waals surface area contributed by atoms with Gasteiger partial charge >= 0.3 is 11.9 Å². The highest BCUT2D eigenvalue weighted by atomic mass is 127. The first-order valence-corrected chi connectivity index (χ1v) is 13.4. The van der Waals surface area contributed by atoms with E-state index in [1.165, 1.54) is 6.08 Å². The zero-order valence-corrected chi connectivity index (χ0v) is 24.9. The Morgan fingerprint density at radius 3 is 1.44 bits per heavy atom. The van der Waals surface area contributed by atoms with Crippen LogP contribution in [0.15, 0.2) is 61.2 Å². The molecule has 216 valence electrons. The normalized spacial score (nSPS) is 9.97. The zero-order chi connectivity index (χ0) is 28.8. The van der Waals surface area contributed by atoms with E-state index in [1.54, 1.807) is 36.4 Å². The summed E-state index contributed by atoms with van der Waals surface area (Å²) in [6, 6.07) is 11.2. The summed E-state index contributed by atoms with van der Waals surface area (Å²) in [6.45, 7) is 3.49. The van der Waals surface area contributed by atoms with Crippen molar-refractivity contribution in [3.05, 3.63) is 79.5 Å². The Labute approximate surface area is 256 Å². The summed E-state index contributed by atoms with van der Waals surface area (Å²) in [5.41, 5.74) is 1.65. The van der Waals surface area contributed by atoms with E-state index in [0.717, 1.165) is 24.0 Å². The molecule has 0 saturated carbocycles. The molecule has 0 fully saturated rings. The predicted octanol–water partition coefficient (Wildman–Crippen LogP) is 5.10. The highest BCUT2D eigenvalue weighted by Crippen LogP contribution is 2.21. The van der Waals surface area contributed by atoms with E-state index in [2.05, 4.69) is 51.8 Å². The molecule has 0 radical (unpaired) electrons. The van der Waals surface area contributed by atoms with Gasteiger partial charge < -0.3 is 35.0 Å². The van der Waals surface area contributed by atoms with Gasteiger partial charge in [-0.05, 0) is 92.7 Å². The summed E-state index contributed by atoms with van der Waals surface area (Å²) < 4.78 is 12.8. The second-order valence-electron chi connectivity index (χ2n) is 7.07. The van der Waals surface area contributed by atoms with Crippen LogP contribution in [0.4, 0.5) is 0 Å². The predicted molar refractivity (Wildman–Crippen MR) is 170 cm³/mol. The molecule has 0 aliphatic carbocycles. The third-order valence-corrected chi connectivity index (χ3v) is 5.16. The van der Waals surface area contributed by atoms with Crippen LogP contribution in [0.25, 0.3) is 12.2 Å². The molecule has 0 unspecified atom stereocenters. The van der Waals surface area contributed by atoms with E-state index in [-0.39, 0.29) is 53.3 Å². The first kappa shape index (κ1) is 38.7. The van der Waals surface area contributed by atoms with Crippen LogP contribution in [0.1, 0.15) is 31.4 Å². The maximum atomic E-state index is 10.4. The van der Waals surface area contributed by atoms with Gasteiger partial charge in [0.2, 0.25) is 0 Å². The quantitative estimate of drug-likeness (QED) is 0.138. The minimum absolute atomic E-state index is 0. The first-order valence-electron chi connectivity index (χ1n) is 11.2. The average Bonchev–Trinajstić information content (AvgIpc) is 2.86. The number of rotatable bonds is 13. The molecular weight excluding hydrogens is 734 g/mol. The molecule has 0 aliphatic heterocycles. The fourth-order valence-electron chi connectivity index (χ4n) is 2.42. The Morgan fingerprint density at radius 1 is 0.718 bits per heavy atom. The number of carboxylic acid groups (broad SMARTS) is 2. The topological polar surface area (TPSA) is 154 Å². The molecular formula is C28H36I2O9. The zero-order valence-electron chi connectivity index (χ0n) is 20.6.